The third-order valence-electron chi connectivity index (χ3n) is 3.17. The number of aliphatic carboxylic acids is 1. The maximum absolute atomic E-state index is 12.4. The molecule has 0 saturated carbocycles. The Morgan fingerprint density at radius 3 is 2.30 bits per heavy atom. The summed E-state index contributed by atoms with van der Waals surface area (Å²) in [5.74, 6) is -1.26. The number of anilines is 1. The first kappa shape index (κ1) is 16.2. The van der Waals surface area contributed by atoms with Gasteiger partial charge in [-0.05, 0) is 24.5 Å². The molecule has 1 aromatic carbocycles. The van der Waals surface area contributed by atoms with Gasteiger partial charge in [-0.2, -0.15) is 0 Å². The molecular weight excluding hydrogens is 254 g/mol. The molecule has 0 aliphatic carbocycles. The third kappa shape index (κ3) is 4.37. The summed E-state index contributed by atoms with van der Waals surface area (Å²) in [6.45, 7) is 7.71. The van der Waals surface area contributed by atoms with Gasteiger partial charge in [0, 0.05) is 18.7 Å². The monoisotopic (exact) mass is 277 g/mol. The second-order valence-electron chi connectivity index (χ2n) is 5.63. The predicted molar refractivity (Wildman–Crippen MR) is 79.8 cm³/mol. The lowest BCUT2D eigenvalue weighted by Gasteiger charge is -2.27. The number of para-hydroxylation sites is 1. The summed E-state index contributed by atoms with van der Waals surface area (Å²) in [6, 6.07) is 7.56. The lowest BCUT2D eigenvalue weighted by molar-refractivity contribution is -0.140. The van der Waals surface area contributed by atoms with Crippen molar-refractivity contribution < 1.29 is 14.7 Å². The first-order valence-corrected chi connectivity index (χ1v) is 6.91. The highest BCUT2D eigenvalue weighted by Gasteiger charge is 2.23. The fourth-order valence-electron chi connectivity index (χ4n) is 2.01. The standard InChI is InChI=1S/C16H23NO3/c1-11(2)9-15(18)17(10-13(4)16(19)20)14-8-6-5-7-12(14)3/h5-8,11,13H,9-10H2,1-4H3,(H,19,20). The van der Waals surface area contributed by atoms with Gasteiger partial charge in [0.1, 0.15) is 0 Å². The Bertz CT molecular complexity index is 482. The molecule has 4 heteroatoms. The second kappa shape index (κ2) is 7.08. The highest BCUT2D eigenvalue weighted by atomic mass is 16.4. The van der Waals surface area contributed by atoms with Crippen LogP contribution in [0.1, 0.15) is 32.8 Å². The zero-order valence-electron chi connectivity index (χ0n) is 12.6. The Morgan fingerprint density at radius 2 is 1.80 bits per heavy atom. The molecule has 1 atom stereocenters. The van der Waals surface area contributed by atoms with E-state index in [1.165, 1.54) is 0 Å². The number of carboxylic acid groups (broad SMARTS) is 1. The van der Waals surface area contributed by atoms with Gasteiger partial charge in [-0.25, -0.2) is 0 Å². The van der Waals surface area contributed by atoms with Gasteiger partial charge in [-0.1, -0.05) is 39.0 Å². The van der Waals surface area contributed by atoms with Crippen molar-refractivity contribution >= 4 is 17.6 Å². The maximum Gasteiger partial charge on any atom is 0.308 e. The van der Waals surface area contributed by atoms with Gasteiger partial charge in [0.2, 0.25) is 5.91 Å². The second-order valence-corrected chi connectivity index (χ2v) is 5.63. The summed E-state index contributed by atoms with van der Waals surface area (Å²) >= 11 is 0. The molecule has 0 fully saturated rings. The lowest BCUT2D eigenvalue weighted by Crippen LogP contribution is -2.38. The summed E-state index contributed by atoms with van der Waals surface area (Å²) in [4.78, 5) is 25.1. The molecular formula is C16H23NO3. The molecule has 0 aromatic heterocycles. The molecule has 0 heterocycles. The molecule has 1 unspecified atom stereocenters. The largest absolute Gasteiger partial charge is 0.481 e. The molecule has 110 valence electrons. The molecule has 1 aromatic rings. The number of carboxylic acids is 1. The third-order valence-corrected chi connectivity index (χ3v) is 3.17. The van der Waals surface area contributed by atoms with Crippen LogP contribution in [0, 0.1) is 18.8 Å². The number of hydrogen-bond donors (Lipinski definition) is 1. The smallest absolute Gasteiger partial charge is 0.308 e. The minimum absolute atomic E-state index is 0.0256. The van der Waals surface area contributed by atoms with Crippen molar-refractivity contribution in [2.24, 2.45) is 11.8 Å². The molecule has 0 radical (unpaired) electrons. The van der Waals surface area contributed by atoms with Crippen molar-refractivity contribution in [3.05, 3.63) is 29.8 Å². The van der Waals surface area contributed by atoms with Gasteiger partial charge in [-0.15, -0.1) is 0 Å². The van der Waals surface area contributed by atoms with Crippen LogP contribution in [0.2, 0.25) is 0 Å². The van der Waals surface area contributed by atoms with Crippen LogP contribution >= 0.6 is 0 Å². The number of carbonyl (C=O) groups is 2. The number of amides is 1. The first-order valence-electron chi connectivity index (χ1n) is 6.91. The van der Waals surface area contributed by atoms with Gasteiger partial charge in [0.25, 0.3) is 0 Å². The number of carbonyl (C=O) groups excluding carboxylic acids is 1. The average molecular weight is 277 g/mol. The summed E-state index contributed by atoms with van der Waals surface area (Å²) in [5.41, 5.74) is 1.77. The lowest BCUT2D eigenvalue weighted by atomic mass is 10.1. The van der Waals surface area contributed by atoms with E-state index < -0.39 is 11.9 Å². The number of aryl methyl sites for hydroxylation is 1. The van der Waals surface area contributed by atoms with Crippen LogP contribution in [-0.2, 0) is 9.59 Å². The quantitative estimate of drug-likeness (QED) is 0.869. The summed E-state index contributed by atoms with van der Waals surface area (Å²) in [5, 5.41) is 9.07. The molecule has 1 N–H and O–H groups in total. The number of hydrogen-bond acceptors (Lipinski definition) is 2. The van der Waals surface area contributed by atoms with E-state index in [1.807, 2.05) is 45.0 Å². The Kier molecular flexibility index (Phi) is 5.74. The van der Waals surface area contributed by atoms with Crippen molar-refractivity contribution in [2.75, 3.05) is 11.4 Å². The zero-order valence-corrected chi connectivity index (χ0v) is 12.6. The fraction of sp³-hybridized carbons (Fsp3) is 0.500. The molecule has 1 rings (SSSR count). The molecule has 20 heavy (non-hydrogen) atoms. The Morgan fingerprint density at radius 1 is 1.20 bits per heavy atom. The van der Waals surface area contributed by atoms with Gasteiger partial charge < -0.3 is 10.0 Å². The summed E-state index contributed by atoms with van der Waals surface area (Å²) < 4.78 is 0. The summed E-state index contributed by atoms with van der Waals surface area (Å²) in [7, 11) is 0. The van der Waals surface area contributed by atoms with Crippen molar-refractivity contribution in [3.63, 3.8) is 0 Å². The van der Waals surface area contributed by atoms with Gasteiger partial charge >= 0.3 is 5.97 Å². The van der Waals surface area contributed by atoms with Crippen LogP contribution in [0.4, 0.5) is 5.69 Å². The van der Waals surface area contributed by atoms with Crippen LogP contribution in [0.3, 0.4) is 0 Å². The van der Waals surface area contributed by atoms with Crippen molar-refractivity contribution in [3.8, 4) is 0 Å². The van der Waals surface area contributed by atoms with Crippen LogP contribution in [0.15, 0.2) is 24.3 Å². The Hall–Kier alpha value is -1.84. The highest BCUT2D eigenvalue weighted by molar-refractivity contribution is 5.94. The van der Waals surface area contributed by atoms with E-state index in [0.717, 1.165) is 11.3 Å². The molecule has 0 saturated heterocycles. The first-order chi connectivity index (χ1) is 9.32. The molecule has 0 spiro atoms. The highest BCUT2D eigenvalue weighted by Crippen LogP contribution is 2.22. The zero-order chi connectivity index (χ0) is 15.3. The number of benzene rings is 1. The van der Waals surface area contributed by atoms with Crippen molar-refractivity contribution in [2.45, 2.75) is 34.1 Å². The van der Waals surface area contributed by atoms with Gasteiger partial charge in [-0.3, -0.25) is 9.59 Å². The molecule has 4 nitrogen and oxygen atoms in total. The van der Waals surface area contributed by atoms with E-state index in [-0.39, 0.29) is 18.4 Å². The fourth-order valence-corrected chi connectivity index (χ4v) is 2.01. The summed E-state index contributed by atoms with van der Waals surface area (Å²) in [6.07, 6.45) is 0.417. The SMILES string of the molecule is Cc1ccccc1N(CC(C)C(=O)O)C(=O)CC(C)C. The predicted octanol–water partition coefficient (Wildman–Crippen LogP) is 3.09. The van der Waals surface area contributed by atoms with Crippen LogP contribution in [0.25, 0.3) is 0 Å². The maximum atomic E-state index is 12.4. The van der Waals surface area contributed by atoms with Crippen LogP contribution < -0.4 is 4.90 Å². The van der Waals surface area contributed by atoms with E-state index >= 15 is 0 Å². The Balaban J connectivity index is 3.04. The topological polar surface area (TPSA) is 57.6 Å². The molecule has 0 aliphatic rings. The van der Waals surface area contributed by atoms with E-state index in [1.54, 1.807) is 11.8 Å². The minimum atomic E-state index is -0.888. The average Bonchev–Trinajstić information content (AvgIpc) is 2.35. The molecule has 1 amide bonds. The van der Waals surface area contributed by atoms with E-state index in [2.05, 4.69) is 0 Å². The van der Waals surface area contributed by atoms with Crippen molar-refractivity contribution in [1.82, 2.24) is 0 Å². The van der Waals surface area contributed by atoms with Gasteiger partial charge in [0.05, 0.1) is 5.92 Å². The Labute approximate surface area is 120 Å². The van der Waals surface area contributed by atoms with E-state index in [0.29, 0.717) is 6.42 Å². The molecule has 0 aliphatic heterocycles. The normalized spacial score (nSPS) is 12.2. The number of nitrogens with zero attached hydrogens (tertiary/aromatic N) is 1. The van der Waals surface area contributed by atoms with Crippen molar-refractivity contribution in [1.29, 1.82) is 0 Å². The van der Waals surface area contributed by atoms with Gasteiger partial charge in [0.15, 0.2) is 0 Å². The number of rotatable bonds is 6. The van der Waals surface area contributed by atoms with Crippen LogP contribution in [0.5, 0.6) is 0 Å². The van der Waals surface area contributed by atoms with Crippen LogP contribution in [-0.4, -0.2) is 23.5 Å². The van der Waals surface area contributed by atoms with E-state index in [4.69, 9.17) is 5.11 Å². The van der Waals surface area contributed by atoms with E-state index in [9.17, 15) is 9.59 Å². The minimum Gasteiger partial charge on any atom is -0.481 e. The molecule has 0 bridgehead atoms.